The number of nitrogens with two attached hydrogens (primary N) is 1. The van der Waals surface area contributed by atoms with Crippen molar-refractivity contribution >= 4 is 16.1 Å². The maximum atomic E-state index is 6.00. The van der Waals surface area contributed by atoms with E-state index in [1.807, 2.05) is 18.4 Å². The fourth-order valence-electron chi connectivity index (χ4n) is 1.32. The van der Waals surface area contributed by atoms with E-state index in [9.17, 15) is 0 Å². The van der Waals surface area contributed by atoms with Crippen LogP contribution in [0.25, 0.3) is 0 Å². The summed E-state index contributed by atoms with van der Waals surface area (Å²) in [6.07, 6.45) is 5.94. The number of hydrazine groups is 1. The van der Waals surface area contributed by atoms with Crippen LogP contribution in [0, 0.1) is 22.9 Å². The molecule has 2 N–H and O–H groups in total. The van der Waals surface area contributed by atoms with Gasteiger partial charge >= 0.3 is 0 Å². The van der Waals surface area contributed by atoms with E-state index in [-0.39, 0.29) is 6.04 Å². The molecule has 1 aliphatic rings. The minimum absolute atomic E-state index is 0.0239. The van der Waals surface area contributed by atoms with Crippen LogP contribution in [-0.2, 0) is 0 Å². The van der Waals surface area contributed by atoms with Crippen molar-refractivity contribution in [2.45, 2.75) is 45.3 Å². The molecule has 1 aliphatic heterocycles. The lowest BCUT2D eigenvalue weighted by Crippen LogP contribution is -2.36. The maximum Gasteiger partial charge on any atom is 0.129 e. The molecule has 1 heterocycles. The van der Waals surface area contributed by atoms with Crippen molar-refractivity contribution in [3.05, 3.63) is 23.9 Å². The SMILES string of the molecule is C[Si](C)(C)C#CC1=CN(N)C(C#C[Si](C)(C)C)C=C1. The molecule has 0 bridgehead atoms. The molecule has 1 atom stereocenters. The molecule has 2 nitrogen and oxygen atoms in total. The summed E-state index contributed by atoms with van der Waals surface area (Å²) in [7, 11) is -2.69. The Labute approximate surface area is 119 Å². The Kier molecular flexibility index (Phi) is 4.87. The summed E-state index contributed by atoms with van der Waals surface area (Å²) in [5, 5.41) is 1.65. The van der Waals surface area contributed by atoms with Crippen LogP contribution in [0.5, 0.6) is 0 Å². The number of nitrogens with zero attached hydrogens (tertiary/aromatic N) is 1. The van der Waals surface area contributed by atoms with Gasteiger partial charge < -0.3 is 0 Å². The number of hydrogen-bond donors (Lipinski definition) is 1. The zero-order chi connectivity index (χ0) is 14.7. The molecule has 0 saturated heterocycles. The molecule has 0 spiro atoms. The van der Waals surface area contributed by atoms with Gasteiger partial charge in [-0.05, 0) is 12.2 Å². The summed E-state index contributed by atoms with van der Waals surface area (Å²) < 4.78 is 0. The molecule has 0 aromatic rings. The second-order valence-electron chi connectivity index (χ2n) is 6.85. The molecule has 0 radical (unpaired) electrons. The first kappa shape index (κ1) is 15.8. The van der Waals surface area contributed by atoms with Crippen molar-refractivity contribution in [3.8, 4) is 22.9 Å². The van der Waals surface area contributed by atoms with Gasteiger partial charge in [-0.3, -0.25) is 5.01 Å². The van der Waals surface area contributed by atoms with Crippen molar-refractivity contribution in [1.29, 1.82) is 0 Å². The van der Waals surface area contributed by atoms with Crippen molar-refractivity contribution in [2.24, 2.45) is 5.84 Å². The van der Waals surface area contributed by atoms with Crippen LogP contribution in [-0.4, -0.2) is 27.2 Å². The highest BCUT2D eigenvalue weighted by Gasteiger charge is 2.14. The van der Waals surface area contributed by atoms with Crippen LogP contribution in [0.1, 0.15) is 0 Å². The smallest absolute Gasteiger partial charge is 0.129 e. The van der Waals surface area contributed by atoms with E-state index in [1.54, 1.807) is 5.01 Å². The highest BCUT2D eigenvalue weighted by atomic mass is 28.3. The summed E-state index contributed by atoms with van der Waals surface area (Å²) in [5.74, 6) is 12.5. The largest absolute Gasteiger partial charge is 0.298 e. The average Bonchev–Trinajstić information content (AvgIpc) is 2.22. The molecule has 0 saturated carbocycles. The van der Waals surface area contributed by atoms with Crippen LogP contribution in [0.3, 0.4) is 0 Å². The van der Waals surface area contributed by atoms with E-state index >= 15 is 0 Å². The monoisotopic (exact) mass is 288 g/mol. The van der Waals surface area contributed by atoms with E-state index in [1.165, 1.54) is 0 Å². The van der Waals surface area contributed by atoms with Gasteiger partial charge in [0.2, 0.25) is 0 Å². The van der Waals surface area contributed by atoms with E-state index in [0.29, 0.717) is 0 Å². The van der Waals surface area contributed by atoms with Gasteiger partial charge in [0, 0.05) is 11.8 Å². The van der Waals surface area contributed by atoms with Crippen LogP contribution >= 0.6 is 0 Å². The summed E-state index contributed by atoms with van der Waals surface area (Å²) in [6.45, 7) is 13.4. The molecule has 0 aromatic heterocycles. The van der Waals surface area contributed by atoms with Gasteiger partial charge in [0.05, 0.1) is 0 Å². The van der Waals surface area contributed by atoms with Crippen LogP contribution in [0.15, 0.2) is 23.9 Å². The number of hydrogen-bond acceptors (Lipinski definition) is 2. The second kappa shape index (κ2) is 5.84. The Balaban J connectivity index is 2.80. The second-order valence-corrected chi connectivity index (χ2v) is 16.4. The third-order valence-electron chi connectivity index (χ3n) is 2.24. The van der Waals surface area contributed by atoms with Crippen LogP contribution in [0.4, 0.5) is 0 Å². The van der Waals surface area contributed by atoms with Crippen molar-refractivity contribution in [2.75, 3.05) is 0 Å². The highest BCUT2D eigenvalue weighted by Crippen LogP contribution is 2.10. The molecular weight excluding hydrogens is 264 g/mol. The Morgan fingerprint density at radius 2 is 1.63 bits per heavy atom. The lowest BCUT2D eigenvalue weighted by Gasteiger charge is -2.22. The van der Waals surface area contributed by atoms with Gasteiger partial charge in [-0.15, -0.1) is 11.1 Å². The summed E-state index contributed by atoms with van der Waals surface area (Å²) in [6, 6.07) is -0.0239. The zero-order valence-corrected chi connectivity index (χ0v) is 14.8. The molecule has 0 aliphatic carbocycles. The predicted molar refractivity (Wildman–Crippen MR) is 89.3 cm³/mol. The molecular formula is C15H24N2Si2. The molecule has 0 aromatic carbocycles. The lowest BCUT2D eigenvalue weighted by atomic mass is 10.1. The molecule has 4 heteroatoms. The van der Waals surface area contributed by atoms with Gasteiger partial charge in [-0.2, -0.15) is 0 Å². The van der Waals surface area contributed by atoms with E-state index in [4.69, 9.17) is 5.84 Å². The Bertz CT molecular complexity index is 511. The number of rotatable bonds is 0. The Hall–Kier alpha value is -1.21. The fourth-order valence-corrected chi connectivity index (χ4v) is 2.43. The first-order chi connectivity index (χ1) is 8.57. The fraction of sp³-hybridized carbons (Fsp3) is 0.467. The molecule has 0 fully saturated rings. The lowest BCUT2D eigenvalue weighted by molar-refractivity contribution is 0.379. The number of allylic oxidation sites excluding steroid dienone is 2. The van der Waals surface area contributed by atoms with Crippen molar-refractivity contribution in [3.63, 3.8) is 0 Å². The van der Waals surface area contributed by atoms with Gasteiger partial charge in [0.15, 0.2) is 0 Å². The normalized spacial score (nSPS) is 19.0. The van der Waals surface area contributed by atoms with E-state index in [0.717, 1.165) is 5.57 Å². The van der Waals surface area contributed by atoms with Gasteiger partial charge in [0.1, 0.15) is 22.2 Å². The molecule has 19 heavy (non-hydrogen) atoms. The van der Waals surface area contributed by atoms with Gasteiger partial charge in [-0.1, -0.05) is 51.1 Å². The van der Waals surface area contributed by atoms with Crippen molar-refractivity contribution < 1.29 is 0 Å². The van der Waals surface area contributed by atoms with Crippen LogP contribution < -0.4 is 5.84 Å². The Morgan fingerprint density at radius 1 is 1.05 bits per heavy atom. The third-order valence-corrected chi connectivity index (χ3v) is 4.01. The summed E-state index contributed by atoms with van der Waals surface area (Å²) in [4.78, 5) is 0. The predicted octanol–water partition coefficient (Wildman–Crippen LogP) is 2.75. The van der Waals surface area contributed by atoms with E-state index in [2.05, 4.69) is 62.2 Å². The zero-order valence-electron chi connectivity index (χ0n) is 12.8. The van der Waals surface area contributed by atoms with Gasteiger partial charge in [-0.25, -0.2) is 5.84 Å². The minimum atomic E-state index is -1.35. The first-order valence-corrected chi connectivity index (χ1v) is 13.6. The van der Waals surface area contributed by atoms with E-state index < -0.39 is 16.1 Å². The summed E-state index contributed by atoms with van der Waals surface area (Å²) >= 11 is 0. The average molecular weight is 289 g/mol. The highest BCUT2D eigenvalue weighted by molar-refractivity contribution is 6.84. The molecule has 1 rings (SSSR count). The van der Waals surface area contributed by atoms with Crippen molar-refractivity contribution in [1.82, 2.24) is 5.01 Å². The molecule has 1 unspecified atom stereocenters. The van der Waals surface area contributed by atoms with Gasteiger partial charge in [0.25, 0.3) is 0 Å². The first-order valence-electron chi connectivity index (χ1n) is 6.56. The summed E-state index contributed by atoms with van der Waals surface area (Å²) in [5.41, 5.74) is 7.66. The standard InChI is InChI=1S/C15H24N2Si2/c1-18(2,3)11-9-14-7-8-15(17(16)13-14)10-12-19(4,5)6/h7-8,13,15H,16H2,1-6H3. The Morgan fingerprint density at radius 3 is 2.11 bits per heavy atom. The topological polar surface area (TPSA) is 29.3 Å². The maximum absolute atomic E-state index is 6.00. The molecule has 102 valence electrons. The quantitative estimate of drug-likeness (QED) is 0.422. The van der Waals surface area contributed by atoms with Crippen LogP contribution in [0.2, 0.25) is 39.3 Å². The third kappa shape index (κ3) is 6.49. The minimum Gasteiger partial charge on any atom is -0.298 e. The molecule has 0 amide bonds.